The minimum absolute atomic E-state index is 0.182. The van der Waals surface area contributed by atoms with Gasteiger partial charge in [-0.25, -0.2) is 4.79 Å². The fraction of sp³-hybridized carbons (Fsp3) is 0.823. The maximum absolute atomic E-state index is 12.8. The first-order chi connectivity index (χ1) is 34.6. The molecule has 0 spiro atoms. The third kappa shape index (κ3) is 54.9. The number of likely N-dealkylation sites (N-methyl/N-ethyl adjacent to an activating group) is 1. The van der Waals surface area contributed by atoms with Crippen molar-refractivity contribution in [2.75, 3.05) is 47.5 Å². The number of carbonyl (C=O) groups is 3. The maximum atomic E-state index is 12.8. The van der Waals surface area contributed by atoms with Crippen LogP contribution in [-0.2, 0) is 33.3 Å². The highest BCUT2D eigenvalue weighted by molar-refractivity contribution is 5.71. The van der Waals surface area contributed by atoms with Crippen LogP contribution in [0.5, 0.6) is 0 Å². The van der Waals surface area contributed by atoms with Crippen LogP contribution in [0.4, 0.5) is 0 Å². The topological polar surface area (TPSA) is 108 Å². The molecule has 0 aliphatic heterocycles. The average Bonchev–Trinajstić information content (AvgIpc) is 3.34. The number of unbranched alkanes of at least 4 members (excludes halogenated alkanes) is 32. The van der Waals surface area contributed by atoms with Crippen molar-refractivity contribution < 1.29 is 42.9 Å². The molecule has 9 heteroatoms. The van der Waals surface area contributed by atoms with Gasteiger partial charge >= 0.3 is 17.9 Å². The number of ether oxygens (including phenoxy) is 4. The van der Waals surface area contributed by atoms with Gasteiger partial charge in [-0.3, -0.25) is 9.59 Å². The summed E-state index contributed by atoms with van der Waals surface area (Å²) in [6.45, 7) is 4.77. The van der Waals surface area contributed by atoms with Crippen LogP contribution < -0.4 is 0 Å². The lowest BCUT2D eigenvalue weighted by Crippen LogP contribution is -2.40. The summed E-state index contributed by atoms with van der Waals surface area (Å²) in [4.78, 5) is 37.4. The van der Waals surface area contributed by atoms with Crippen LogP contribution in [0.15, 0.2) is 48.6 Å². The Balaban J connectivity index is 4.14. The second-order valence-electron chi connectivity index (χ2n) is 21.3. The Morgan fingerprint density at radius 1 is 0.437 bits per heavy atom. The smallest absolute Gasteiger partial charge is 0.361 e. The molecule has 0 saturated carbocycles. The first kappa shape index (κ1) is 68.2. The number of carbonyl (C=O) groups excluding carboxylic acids is 2. The molecule has 414 valence electrons. The van der Waals surface area contributed by atoms with Gasteiger partial charge in [-0.05, 0) is 51.4 Å². The molecule has 0 heterocycles. The van der Waals surface area contributed by atoms with Crippen LogP contribution in [0, 0.1) is 0 Å². The van der Waals surface area contributed by atoms with E-state index in [-0.39, 0.29) is 32.2 Å². The predicted molar refractivity (Wildman–Crippen MR) is 300 cm³/mol. The fourth-order valence-electron chi connectivity index (χ4n) is 8.54. The number of carboxylic acids is 1. The van der Waals surface area contributed by atoms with Crippen molar-refractivity contribution in [1.29, 1.82) is 0 Å². The van der Waals surface area contributed by atoms with Gasteiger partial charge in [-0.15, -0.1) is 0 Å². The number of carboxylic acid groups (broad SMARTS) is 1. The Labute approximate surface area is 438 Å². The van der Waals surface area contributed by atoms with E-state index in [1.165, 1.54) is 167 Å². The van der Waals surface area contributed by atoms with Crippen molar-refractivity contribution in [3.05, 3.63) is 48.6 Å². The van der Waals surface area contributed by atoms with Gasteiger partial charge in [0.25, 0.3) is 6.29 Å². The van der Waals surface area contributed by atoms with E-state index in [0.717, 1.165) is 70.6 Å². The summed E-state index contributed by atoms with van der Waals surface area (Å²) in [5, 5.41) is 9.69. The van der Waals surface area contributed by atoms with E-state index in [1.807, 2.05) is 21.1 Å². The van der Waals surface area contributed by atoms with Crippen molar-refractivity contribution in [3.63, 3.8) is 0 Å². The highest BCUT2D eigenvalue weighted by Gasteiger charge is 2.25. The SMILES string of the molecule is CC/C=C\C/C=C\C/C=C\C/C=C\CCCCCCC(=O)OC(COC(=O)CCCCCCCCCCCCCCCCCCCCCCCCCCCCCCC)COC(OCC[N+](C)(C)C)C(=O)O. The molecular formula is C62H114NO8+. The Kier molecular flexibility index (Phi) is 51.5. The number of allylic oxidation sites excluding steroid dienone is 8. The van der Waals surface area contributed by atoms with Gasteiger partial charge in [-0.2, -0.15) is 0 Å². The number of nitrogens with zero attached hydrogens (tertiary/aromatic N) is 1. The molecule has 2 atom stereocenters. The third-order valence-electron chi connectivity index (χ3n) is 13.1. The molecule has 9 nitrogen and oxygen atoms in total. The van der Waals surface area contributed by atoms with Gasteiger partial charge in [0.05, 0.1) is 34.4 Å². The Morgan fingerprint density at radius 3 is 1.20 bits per heavy atom. The molecule has 0 aliphatic carbocycles. The van der Waals surface area contributed by atoms with E-state index in [0.29, 0.717) is 23.9 Å². The molecule has 0 radical (unpaired) electrons. The summed E-state index contributed by atoms with van der Waals surface area (Å²) in [5.74, 6) is -2.03. The zero-order chi connectivity index (χ0) is 52.0. The fourth-order valence-corrected chi connectivity index (χ4v) is 8.54. The van der Waals surface area contributed by atoms with Crippen LogP contribution in [0.3, 0.4) is 0 Å². The normalized spacial score (nSPS) is 13.1. The van der Waals surface area contributed by atoms with Crippen LogP contribution in [-0.4, -0.2) is 87.4 Å². The molecule has 0 aromatic heterocycles. The Morgan fingerprint density at radius 2 is 0.803 bits per heavy atom. The molecular weight excluding hydrogens is 887 g/mol. The van der Waals surface area contributed by atoms with Crippen molar-refractivity contribution >= 4 is 17.9 Å². The predicted octanol–water partition coefficient (Wildman–Crippen LogP) is 17.5. The summed E-state index contributed by atoms with van der Waals surface area (Å²) < 4.78 is 22.9. The van der Waals surface area contributed by atoms with Crippen molar-refractivity contribution in [1.82, 2.24) is 0 Å². The van der Waals surface area contributed by atoms with Crippen molar-refractivity contribution in [3.8, 4) is 0 Å². The summed E-state index contributed by atoms with van der Waals surface area (Å²) in [5.41, 5.74) is 0. The minimum Gasteiger partial charge on any atom is -0.477 e. The van der Waals surface area contributed by atoms with Crippen LogP contribution in [0.1, 0.15) is 271 Å². The number of rotatable bonds is 55. The van der Waals surface area contributed by atoms with Crippen LogP contribution >= 0.6 is 0 Å². The lowest BCUT2D eigenvalue weighted by molar-refractivity contribution is -0.870. The first-order valence-corrected chi connectivity index (χ1v) is 29.8. The first-order valence-electron chi connectivity index (χ1n) is 29.8. The molecule has 2 unspecified atom stereocenters. The van der Waals surface area contributed by atoms with E-state index >= 15 is 0 Å². The molecule has 0 amide bonds. The number of hydrogen-bond acceptors (Lipinski definition) is 7. The van der Waals surface area contributed by atoms with Gasteiger partial charge in [-0.1, -0.05) is 255 Å². The molecule has 0 aromatic rings. The molecule has 0 saturated heterocycles. The highest BCUT2D eigenvalue weighted by atomic mass is 16.7. The second-order valence-corrected chi connectivity index (χ2v) is 21.3. The lowest BCUT2D eigenvalue weighted by Gasteiger charge is -2.25. The maximum Gasteiger partial charge on any atom is 0.361 e. The monoisotopic (exact) mass is 1000 g/mol. The minimum atomic E-state index is -1.52. The van der Waals surface area contributed by atoms with E-state index in [4.69, 9.17) is 18.9 Å². The molecule has 71 heavy (non-hydrogen) atoms. The lowest BCUT2D eigenvalue weighted by atomic mass is 10.0. The van der Waals surface area contributed by atoms with E-state index in [1.54, 1.807) is 0 Å². The zero-order valence-electron chi connectivity index (χ0n) is 47.1. The third-order valence-corrected chi connectivity index (χ3v) is 13.1. The van der Waals surface area contributed by atoms with Gasteiger partial charge in [0.15, 0.2) is 6.10 Å². The molecule has 0 rings (SSSR count). The van der Waals surface area contributed by atoms with E-state index in [9.17, 15) is 19.5 Å². The van der Waals surface area contributed by atoms with Crippen LogP contribution in [0.2, 0.25) is 0 Å². The standard InChI is InChI=1S/C62H113NO8/c1-6-8-10-12-14-16-18-20-22-24-25-26-27-28-29-30-31-32-33-34-35-37-38-40-42-44-46-48-50-52-59(64)69-56-58(57-70-62(61(66)67)68-55-54-63(3,4)5)71-60(65)53-51-49-47-45-43-41-39-36-23-21-19-17-15-13-11-9-7-2/h9,11,15,17,21,23,39,41,58,62H,6-8,10,12-14,16,18-20,22,24-38,40,42-57H2,1-5H3/p+1/b11-9-,17-15-,23-21-,41-39-. The van der Waals surface area contributed by atoms with E-state index < -0.39 is 24.3 Å². The molecule has 0 bridgehead atoms. The summed E-state index contributed by atoms with van der Waals surface area (Å²) in [7, 11) is 5.96. The summed E-state index contributed by atoms with van der Waals surface area (Å²) in [6.07, 6.45) is 63.5. The van der Waals surface area contributed by atoms with Crippen molar-refractivity contribution in [2.24, 2.45) is 0 Å². The molecule has 0 aromatic carbocycles. The van der Waals surface area contributed by atoms with Crippen LogP contribution in [0.25, 0.3) is 0 Å². The largest absolute Gasteiger partial charge is 0.477 e. The number of esters is 2. The second kappa shape index (κ2) is 53.5. The molecule has 0 aliphatic rings. The number of aliphatic carboxylic acids is 1. The summed E-state index contributed by atoms with van der Waals surface area (Å²) >= 11 is 0. The zero-order valence-corrected chi connectivity index (χ0v) is 47.1. The van der Waals surface area contributed by atoms with E-state index in [2.05, 4.69) is 62.5 Å². The molecule has 1 N–H and O–H groups in total. The molecule has 0 fully saturated rings. The number of quaternary nitrogens is 1. The summed E-state index contributed by atoms with van der Waals surface area (Å²) in [6, 6.07) is 0. The van der Waals surface area contributed by atoms with Gasteiger partial charge in [0.2, 0.25) is 0 Å². The quantitative estimate of drug-likeness (QED) is 0.0211. The average molecular weight is 1000 g/mol. The van der Waals surface area contributed by atoms with Gasteiger partial charge < -0.3 is 28.5 Å². The van der Waals surface area contributed by atoms with Gasteiger partial charge in [0, 0.05) is 12.8 Å². The Hall–Kier alpha value is -2.75. The van der Waals surface area contributed by atoms with Crippen molar-refractivity contribution in [2.45, 2.75) is 283 Å². The van der Waals surface area contributed by atoms with Gasteiger partial charge in [0.1, 0.15) is 13.2 Å². The highest BCUT2D eigenvalue weighted by Crippen LogP contribution is 2.17. The number of hydrogen-bond donors (Lipinski definition) is 1. The Bertz CT molecular complexity index is 1300.